The molecule has 0 amide bonds. The molecule has 0 aromatic heterocycles. The molecule has 0 spiro atoms. The lowest BCUT2D eigenvalue weighted by Gasteiger charge is -2.53. The number of ether oxygens (including phenoxy) is 3. The Morgan fingerprint density at radius 3 is 2.18 bits per heavy atom. The molecule has 0 heterocycles. The monoisotopic (exact) mass is 318 g/mol. The Morgan fingerprint density at radius 2 is 1.64 bits per heavy atom. The first-order chi connectivity index (χ1) is 10.4. The van der Waals surface area contributed by atoms with Gasteiger partial charge in [0.1, 0.15) is 13.4 Å². The Kier molecular flexibility index (Phi) is 4.69. The first-order valence-electron chi connectivity index (χ1n) is 8.18. The third-order valence-corrected chi connectivity index (χ3v) is 5.30. The van der Waals surface area contributed by atoms with Gasteiger partial charge in [0.15, 0.2) is 0 Å². The van der Waals surface area contributed by atoms with Crippen molar-refractivity contribution in [3.63, 3.8) is 0 Å². The first-order valence-corrected chi connectivity index (χ1v) is 8.18. The number of carbonyl (C=O) groups excluding carboxylic acids is 1. The minimum absolute atomic E-state index is 0.0785. The van der Waals surface area contributed by atoms with Crippen molar-refractivity contribution in [2.45, 2.75) is 51.1 Å². The van der Waals surface area contributed by atoms with Crippen molar-refractivity contribution in [1.29, 1.82) is 0 Å². The highest BCUT2D eigenvalue weighted by Gasteiger charge is 2.48. The van der Waals surface area contributed by atoms with Crippen LogP contribution in [-0.2, 0) is 19.0 Å². The zero-order chi connectivity index (χ0) is 15.7. The second-order valence-electron chi connectivity index (χ2n) is 7.11. The average Bonchev–Trinajstić information content (AvgIpc) is 2.42. The summed E-state index contributed by atoms with van der Waals surface area (Å²) in [5, 5.41) is 0. The van der Waals surface area contributed by atoms with Gasteiger partial charge in [-0.1, -0.05) is 0 Å². The molecule has 4 fully saturated rings. The summed E-state index contributed by atoms with van der Waals surface area (Å²) in [6.07, 6.45) is 6.81. The van der Waals surface area contributed by atoms with Gasteiger partial charge in [-0.2, -0.15) is 8.78 Å². The molecule has 0 atom stereocenters. The van der Waals surface area contributed by atoms with Crippen LogP contribution in [0.1, 0.15) is 39.0 Å². The van der Waals surface area contributed by atoms with Crippen LogP contribution >= 0.6 is 0 Å². The minimum Gasteiger partial charge on any atom is -0.459 e. The SMILES string of the molecule is CC(F)(F)C(=O)OCCOCOC1C2CC3CC(C2)CC1C3. The van der Waals surface area contributed by atoms with E-state index in [1.165, 1.54) is 32.1 Å². The van der Waals surface area contributed by atoms with Crippen molar-refractivity contribution in [3.05, 3.63) is 0 Å². The molecule has 0 saturated heterocycles. The fourth-order valence-corrected chi connectivity index (χ4v) is 4.65. The summed E-state index contributed by atoms with van der Waals surface area (Å²) < 4.78 is 40.7. The van der Waals surface area contributed by atoms with E-state index in [1.807, 2.05) is 0 Å². The van der Waals surface area contributed by atoms with Gasteiger partial charge < -0.3 is 14.2 Å². The normalized spacial score (nSPS) is 36.6. The highest BCUT2D eigenvalue weighted by atomic mass is 19.3. The summed E-state index contributed by atoms with van der Waals surface area (Å²) in [6.45, 7) is 0.571. The second kappa shape index (κ2) is 6.40. The van der Waals surface area contributed by atoms with Crippen molar-refractivity contribution in [2.75, 3.05) is 20.0 Å². The molecule has 4 bridgehead atoms. The summed E-state index contributed by atoms with van der Waals surface area (Å²) in [5.41, 5.74) is 0. The van der Waals surface area contributed by atoms with Crippen LogP contribution in [0.25, 0.3) is 0 Å². The predicted molar refractivity (Wildman–Crippen MR) is 74.3 cm³/mol. The molecule has 0 aliphatic heterocycles. The van der Waals surface area contributed by atoms with E-state index in [0.29, 0.717) is 18.8 Å². The second-order valence-corrected chi connectivity index (χ2v) is 7.11. The fourth-order valence-electron chi connectivity index (χ4n) is 4.65. The maximum atomic E-state index is 12.6. The highest BCUT2D eigenvalue weighted by molar-refractivity contribution is 5.76. The van der Waals surface area contributed by atoms with Gasteiger partial charge in [-0.05, 0) is 55.8 Å². The predicted octanol–water partition coefficient (Wildman–Crippen LogP) is 3.00. The summed E-state index contributed by atoms with van der Waals surface area (Å²) in [6, 6.07) is 0. The smallest absolute Gasteiger partial charge is 0.376 e. The topological polar surface area (TPSA) is 44.8 Å². The molecule has 6 heteroatoms. The molecule has 4 saturated carbocycles. The van der Waals surface area contributed by atoms with Gasteiger partial charge in [-0.25, -0.2) is 4.79 Å². The molecule has 4 aliphatic carbocycles. The molecule has 0 radical (unpaired) electrons. The Hall–Kier alpha value is -0.750. The van der Waals surface area contributed by atoms with E-state index in [9.17, 15) is 13.6 Å². The number of halogens is 2. The van der Waals surface area contributed by atoms with Crippen LogP contribution in [0.4, 0.5) is 8.78 Å². The minimum atomic E-state index is -3.45. The van der Waals surface area contributed by atoms with Crippen LogP contribution in [0.5, 0.6) is 0 Å². The standard InChI is InChI=1S/C16H24F2O4/c1-16(17,18)15(19)21-3-2-20-9-22-14-12-5-10-4-11(7-12)8-13(14)6-10/h10-14H,2-9H2,1H3. The maximum Gasteiger partial charge on any atom is 0.376 e. The molecule has 0 aromatic rings. The third kappa shape index (κ3) is 3.59. The molecule has 22 heavy (non-hydrogen) atoms. The van der Waals surface area contributed by atoms with Gasteiger partial charge in [-0.15, -0.1) is 0 Å². The van der Waals surface area contributed by atoms with Gasteiger partial charge in [0.05, 0.1) is 12.7 Å². The van der Waals surface area contributed by atoms with Crippen molar-refractivity contribution >= 4 is 5.97 Å². The summed E-state index contributed by atoms with van der Waals surface area (Å²) in [4.78, 5) is 10.9. The van der Waals surface area contributed by atoms with E-state index in [4.69, 9.17) is 9.47 Å². The van der Waals surface area contributed by atoms with Crippen LogP contribution < -0.4 is 0 Å². The lowest BCUT2D eigenvalue weighted by Crippen LogP contribution is -2.49. The Bertz CT molecular complexity index is 379. The third-order valence-electron chi connectivity index (χ3n) is 5.30. The number of esters is 1. The Balaban J connectivity index is 1.30. The van der Waals surface area contributed by atoms with Gasteiger partial charge in [-0.3, -0.25) is 0 Å². The van der Waals surface area contributed by atoms with Gasteiger partial charge >= 0.3 is 11.9 Å². The van der Waals surface area contributed by atoms with Crippen LogP contribution in [0, 0.1) is 23.7 Å². The van der Waals surface area contributed by atoms with Crippen molar-refractivity contribution in [3.8, 4) is 0 Å². The zero-order valence-corrected chi connectivity index (χ0v) is 12.9. The number of hydrogen-bond donors (Lipinski definition) is 0. The summed E-state index contributed by atoms with van der Waals surface area (Å²) >= 11 is 0. The largest absolute Gasteiger partial charge is 0.459 e. The van der Waals surface area contributed by atoms with Crippen LogP contribution in [0.15, 0.2) is 0 Å². The number of carbonyl (C=O) groups is 1. The van der Waals surface area contributed by atoms with Gasteiger partial charge in [0, 0.05) is 6.92 Å². The fraction of sp³-hybridized carbons (Fsp3) is 0.938. The quantitative estimate of drug-likeness (QED) is 0.411. The number of hydrogen-bond acceptors (Lipinski definition) is 4. The molecular formula is C16H24F2O4. The molecular weight excluding hydrogens is 294 g/mol. The molecule has 126 valence electrons. The first kappa shape index (κ1) is 16.1. The maximum absolute atomic E-state index is 12.6. The van der Waals surface area contributed by atoms with Crippen molar-refractivity contribution in [1.82, 2.24) is 0 Å². The van der Waals surface area contributed by atoms with E-state index in [-0.39, 0.29) is 26.1 Å². The van der Waals surface area contributed by atoms with E-state index in [2.05, 4.69) is 4.74 Å². The molecule has 4 rings (SSSR count). The Morgan fingerprint density at radius 1 is 1.05 bits per heavy atom. The lowest BCUT2D eigenvalue weighted by molar-refractivity contribution is -0.184. The van der Waals surface area contributed by atoms with Crippen molar-refractivity contribution in [2.24, 2.45) is 23.7 Å². The van der Waals surface area contributed by atoms with E-state index < -0.39 is 11.9 Å². The van der Waals surface area contributed by atoms with Crippen LogP contribution in [-0.4, -0.2) is 38.0 Å². The zero-order valence-electron chi connectivity index (χ0n) is 12.9. The van der Waals surface area contributed by atoms with E-state index in [1.54, 1.807) is 0 Å². The Labute approximate surface area is 129 Å². The molecule has 0 aromatic carbocycles. The average molecular weight is 318 g/mol. The van der Waals surface area contributed by atoms with E-state index in [0.717, 1.165) is 11.8 Å². The van der Waals surface area contributed by atoms with Gasteiger partial charge in [0.25, 0.3) is 0 Å². The van der Waals surface area contributed by atoms with E-state index >= 15 is 0 Å². The van der Waals surface area contributed by atoms with Crippen molar-refractivity contribution < 1.29 is 27.8 Å². The summed E-state index contributed by atoms with van der Waals surface area (Å²) in [5.74, 6) is -1.83. The molecule has 0 unspecified atom stereocenters. The number of rotatable bonds is 7. The molecule has 4 aliphatic rings. The van der Waals surface area contributed by atoms with Crippen LogP contribution in [0.2, 0.25) is 0 Å². The lowest BCUT2D eigenvalue weighted by atomic mass is 9.55. The number of alkyl halides is 2. The van der Waals surface area contributed by atoms with Gasteiger partial charge in [0.2, 0.25) is 0 Å². The van der Waals surface area contributed by atoms with Crippen LogP contribution in [0.3, 0.4) is 0 Å². The molecule has 4 nitrogen and oxygen atoms in total. The summed E-state index contributed by atoms with van der Waals surface area (Å²) in [7, 11) is 0. The molecule has 0 N–H and O–H groups in total. The highest BCUT2D eigenvalue weighted by Crippen LogP contribution is 2.54.